The maximum atomic E-state index is 11.4. The summed E-state index contributed by atoms with van der Waals surface area (Å²) in [5, 5.41) is 10.6. The van der Waals surface area contributed by atoms with Crippen LogP contribution < -0.4 is 0 Å². The minimum atomic E-state index is -0.987. The molecule has 108 valence electrons. The Morgan fingerprint density at radius 1 is 1.40 bits per heavy atom. The largest absolute Gasteiger partial charge is 0.469 e. The number of benzene rings is 1. The number of Topliss-reactive ketones (excluding diaryl/α,β-unsaturated/α-hetero) is 1. The number of aliphatic hydroxyl groups excluding tert-OH is 1. The van der Waals surface area contributed by atoms with Crippen molar-refractivity contribution in [2.24, 2.45) is 0 Å². The number of carbonyl (C=O) groups is 2. The molecule has 0 radical (unpaired) electrons. The van der Waals surface area contributed by atoms with E-state index in [2.05, 4.69) is 4.74 Å². The van der Waals surface area contributed by atoms with Gasteiger partial charge in [-0.1, -0.05) is 41.4 Å². The number of esters is 1. The summed E-state index contributed by atoms with van der Waals surface area (Å²) >= 11 is 11.7. The molecule has 0 aromatic heterocycles. The number of halogens is 2. The van der Waals surface area contributed by atoms with Crippen molar-refractivity contribution in [3.8, 4) is 0 Å². The smallest absolute Gasteiger partial charge is 0.313 e. The molecule has 6 heteroatoms. The molecule has 0 saturated heterocycles. The fourth-order valence-corrected chi connectivity index (χ4v) is 1.93. The number of hydrogen-bond acceptors (Lipinski definition) is 4. The molecule has 0 spiro atoms. The second kappa shape index (κ2) is 8.04. The monoisotopic (exact) mass is 316 g/mol. The third-order valence-electron chi connectivity index (χ3n) is 2.47. The lowest BCUT2D eigenvalue weighted by molar-refractivity contribution is -0.143. The van der Waals surface area contributed by atoms with Gasteiger partial charge in [-0.3, -0.25) is 9.59 Å². The van der Waals surface area contributed by atoms with Gasteiger partial charge in [0.2, 0.25) is 0 Å². The van der Waals surface area contributed by atoms with Gasteiger partial charge < -0.3 is 9.84 Å². The molecular formula is C14H14Cl2O4. The molecule has 4 nitrogen and oxygen atoms in total. The zero-order chi connectivity index (χ0) is 15.1. The second-order valence-electron chi connectivity index (χ2n) is 4.09. The molecule has 1 N–H and O–H groups in total. The minimum absolute atomic E-state index is 0.156. The second-order valence-corrected chi connectivity index (χ2v) is 4.93. The van der Waals surface area contributed by atoms with E-state index in [0.717, 1.165) is 0 Å². The van der Waals surface area contributed by atoms with E-state index in [1.165, 1.54) is 13.2 Å². The van der Waals surface area contributed by atoms with Gasteiger partial charge in [0.05, 0.1) is 13.2 Å². The van der Waals surface area contributed by atoms with Crippen molar-refractivity contribution in [2.75, 3.05) is 7.11 Å². The van der Waals surface area contributed by atoms with Crippen LogP contribution in [0.4, 0.5) is 0 Å². The van der Waals surface area contributed by atoms with Gasteiger partial charge in [-0.05, 0) is 17.7 Å². The average molecular weight is 317 g/mol. The molecule has 20 heavy (non-hydrogen) atoms. The quantitative estimate of drug-likeness (QED) is 0.647. The van der Waals surface area contributed by atoms with Gasteiger partial charge in [-0.2, -0.15) is 0 Å². The maximum Gasteiger partial charge on any atom is 0.313 e. The number of aliphatic hydroxyl groups is 1. The number of hydrogen-bond donors (Lipinski definition) is 1. The highest BCUT2D eigenvalue weighted by atomic mass is 35.5. The first kappa shape index (κ1) is 16.7. The van der Waals surface area contributed by atoms with Crippen molar-refractivity contribution in [2.45, 2.75) is 18.9 Å². The van der Waals surface area contributed by atoms with Crippen LogP contribution in [0.2, 0.25) is 10.0 Å². The van der Waals surface area contributed by atoms with E-state index in [9.17, 15) is 14.7 Å². The third-order valence-corrected chi connectivity index (χ3v) is 3.03. The lowest BCUT2D eigenvalue weighted by Gasteiger charge is -2.05. The topological polar surface area (TPSA) is 63.6 Å². The summed E-state index contributed by atoms with van der Waals surface area (Å²) < 4.78 is 4.37. The summed E-state index contributed by atoms with van der Waals surface area (Å²) in [5.74, 6) is -1.01. The van der Waals surface area contributed by atoms with E-state index in [4.69, 9.17) is 23.2 Å². The normalized spacial score (nSPS) is 12.4. The van der Waals surface area contributed by atoms with Crippen LogP contribution in [0.5, 0.6) is 0 Å². The van der Waals surface area contributed by atoms with Gasteiger partial charge in [0.25, 0.3) is 0 Å². The van der Waals surface area contributed by atoms with Crippen LogP contribution in [0.1, 0.15) is 18.4 Å². The van der Waals surface area contributed by atoms with Gasteiger partial charge in [0, 0.05) is 16.5 Å². The minimum Gasteiger partial charge on any atom is -0.469 e. The molecule has 1 aromatic carbocycles. The SMILES string of the molecule is COC(=O)CC(=O)C[C@H](O)/C=C/c1ccc(Cl)cc1Cl. The van der Waals surface area contributed by atoms with Crippen molar-refractivity contribution in [3.63, 3.8) is 0 Å². The van der Waals surface area contributed by atoms with E-state index in [-0.39, 0.29) is 12.8 Å². The van der Waals surface area contributed by atoms with Crippen molar-refractivity contribution in [1.82, 2.24) is 0 Å². The average Bonchev–Trinajstić information content (AvgIpc) is 2.37. The highest BCUT2D eigenvalue weighted by molar-refractivity contribution is 6.35. The number of carbonyl (C=O) groups excluding carboxylic acids is 2. The Hall–Kier alpha value is -1.36. The number of rotatable bonds is 6. The first-order valence-corrected chi connectivity index (χ1v) is 6.57. The van der Waals surface area contributed by atoms with E-state index in [1.807, 2.05) is 0 Å². The van der Waals surface area contributed by atoms with Crippen molar-refractivity contribution in [3.05, 3.63) is 39.9 Å². The third kappa shape index (κ3) is 5.74. The zero-order valence-corrected chi connectivity index (χ0v) is 12.3. The van der Waals surface area contributed by atoms with Crippen LogP contribution in [-0.4, -0.2) is 30.1 Å². The van der Waals surface area contributed by atoms with Crippen molar-refractivity contribution in [1.29, 1.82) is 0 Å². The zero-order valence-electron chi connectivity index (χ0n) is 10.8. The van der Waals surface area contributed by atoms with Gasteiger partial charge in [0.15, 0.2) is 0 Å². The Balaban J connectivity index is 2.57. The van der Waals surface area contributed by atoms with Crippen molar-refractivity contribution < 1.29 is 19.4 Å². The molecule has 0 heterocycles. The molecule has 0 fully saturated rings. The highest BCUT2D eigenvalue weighted by Crippen LogP contribution is 2.22. The van der Waals surface area contributed by atoms with Crippen LogP contribution in [-0.2, 0) is 14.3 Å². The molecule has 0 saturated carbocycles. The van der Waals surface area contributed by atoms with Crippen LogP contribution >= 0.6 is 23.2 Å². The molecule has 0 aliphatic rings. The molecule has 1 atom stereocenters. The Labute approximate surface area is 126 Å². The molecule has 0 aliphatic heterocycles. The Morgan fingerprint density at radius 3 is 2.70 bits per heavy atom. The highest BCUT2D eigenvalue weighted by Gasteiger charge is 2.13. The Kier molecular flexibility index (Phi) is 6.71. The maximum absolute atomic E-state index is 11.4. The van der Waals surface area contributed by atoms with Crippen LogP contribution in [0.3, 0.4) is 0 Å². The Bertz CT molecular complexity index is 526. The Morgan fingerprint density at radius 2 is 2.10 bits per heavy atom. The molecular weight excluding hydrogens is 303 g/mol. The first-order valence-electron chi connectivity index (χ1n) is 5.82. The fourth-order valence-electron chi connectivity index (χ4n) is 1.46. The number of ether oxygens (including phenoxy) is 1. The van der Waals surface area contributed by atoms with E-state index >= 15 is 0 Å². The van der Waals surface area contributed by atoms with Gasteiger partial charge in [-0.25, -0.2) is 0 Å². The van der Waals surface area contributed by atoms with E-state index < -0.39 is 17.9 Å². The molecule has 0 aliphatic carbocycles. The summed E-state index contributed by atoms with van der Waals surface area (Å²) in [6.45, 7) is 0. The van der Waals surface area contributed by atoms with Gasteiger partial charge in [-0.15, -0.1) is 0 Å². The van der Waals surface area contributed by atoms with E-state index in [1.54, 1.807) is 24.3 Å². The summed E-state index contributed by atoms with van der Waals surface area (Å²) in [4.78, 5) is 22.3. The molecule has 0 amide bonds. The summed E-state index contributed by atoms with van der Waals surface area (Å²) in [6, 6.07) is 4.95. The van der Waals surface area contributed by atoms with Crippen LogP contribution in [0, 0.1) is 0 Å². The van der Waals surface area contributed by atoms with Gasteiger partial charge >= 0.3 is 5.97 Å². The lowest BCUT2D eigenvalue weighted by atomic mass is 10.1. The van der Waals surface area contributed by atoms with Crippen LogP contribution in [0.25, 0.3) is 6.08 Å². The van der Waals surface area contributed by atoms with Gasteiger partial charge in [0.1, 0.15) is 12.2 Å². The molecule has 1 aromatic rings. The summed E-state index contributed by atoms with van der Waals surface area (Å²) in [7, 11) is 1.20. The number of methoxy groups -OCH3 is 1. The summed E-state index contributed by atoms with van der Waals surface area (Å²) in [6.07, 6.45) is 1.54. The molecule has 1 rings (SSSR count). The molecule has 0 bridgehead atoms. The summed E-state index contributed by atoms with van der Waals surface area (Å²) in [5.41, 5.74) is 0.676. The standard InChI is InChI=1S/C14H14Cl2O4/c1-20-14(19)8-12(18)7-11(17)5-3-9-2-4-10(15)6-13(9)16/h2-6,11,17H,7-8H2,1H3/b5-3+/t11-/m1/s1. The van der Waals surface area contributed by atoms with E-state index in [0.29, 0.717) is 15.6 Å². The predicted molar refractivity (Wildman–Crippen MR) is 77.8 cm³/mol. The number of ketones is 1. The fraction of sp³-hybridized carbons (Fsp3) is 0.286. The predicted octanol–water partition coefficient (Wildman–Crippen LogP) is 2.89. The van der Waals surface area contributed by atoms with Crippen LogP contribution in [0.15, 0.2) is 24.3 Å². The molecule has 0 unspecified atom stereocenters. The first-order chi connectivity index (χ1) is 9.42. The van der Waals surface area contributed by atoms with Crippen molar-refractivity contribution >= 4 is 41.0 Å². The lowest BCUT2D eigenvalue weighted by Crippen LogP contribution is -2.15.